The molecule has 3 aromatic rings. The molecule has 0 saturated heterocycles. The summed E-state index contributed by atoms with van der Waals surface area (Å²) in [6, 6.07) is 11.7. The lowest BCUT2D eigenvalue weighted by Crippen LogP contribution is -2.32. The highest BCUT2D eigenvalue weighted by atomic mass is 35.5. The molecule has 2 aromatic carbocycles. The molecule has 1 fully saturated rings. The molecular weight excluding hydrogens is 597 g/mol. The van der Waals surface area contributed by atoms with Crippen LogP contribution in [0.15, 0.2) is 54.7 Å². The number of nitrogens with one attached hydrogen (secondary N) is 1. The molecule has 7 nitrogen and oxygen atoms in total. The number of pyridine rings is 1. The van der Waals surface area contributed by atoms with Crippen molar-refractivity contribution < 1.29 is 37.3 Å². The Kier molecular flexibility index (Phi) is 10.3. The summed E-state index contributed by atoms with van der Waals surface area (Å²) in [5.41, 5.74) is -0.319. The van der Waals surface area contributed by atoms with Crippen molar-refractivity contribution in [2.24, 2.45) is 5.92 Å². The molecule has 2 N–H and O–H groups in total. The lowest BCUT2D eigenvalue weighted by atomic mass is 9.76. The topological polar surface area (TPSA) is 97.8 Å². The molecule has 4 rings (SSSR count). The fourth-order valence-electron chi connectivity index (χ4n) is 5.24. The van der Waals surface area contributed by atoms with Gasteiger partial charge in [-0.2, -0.15) is 8.78 Å². The van der Waals surface area contributed by atoms with E-state index in [9.17, 15) is 27.9 Å². The van der Waals surface area contributed by atoms with Crippen molar-refractivity contribution in [3.63, 3.8) is 0 Å². The quantitative estimate of drug-likeness (QED) is 0.231. The zero-order valence-corrected chi connectivity index (χ0v) is 25.8. The molecule has 11 heteroatoms. The molecule has 1 amide bonds. The fourth-order valence-corrected chi connectivity index (χ4v) is 5.40. The van der Waals surface area contributed by atoms with Crippen molar-refractivity contribution in [3.05, 3.63) is 76.8 Å². The number of carbonyl (C=O) groups excluding carboxylic acids is 2. The van der Waals surface area contributed by atoms with Crippen LogP contribution in [0, 0.1) is 11.7 Å². The first-order valence-corrected chi connectivity index (χ1v) is 14.8. The predicted octanol–water partition coefficient (Wildman–Crippen LogP) is 8.15. The molecule has 1 atom stereocenters. The molecule has 1 aliphatic carbocycles. The van der Waals surface area contributed by atoms with E-state index in [0.717, 1.165) is 25.0 Å². The number of rotatable bonds is 9. The van der Waals surface area contributed by atoms with Gasteiger partial charge >= 0.3 is 12.6 Å². The predicted molar refractivity (Wildman–Crippen MR) is 161 cm³/mol. The number of anilines is 1. The van der Waals surface area contributed by atoms with Crippen molar-refractivity contribution in [3.8, 4) is 16.9 Å². The summed E-state index contributed by atoms with van der Waals surface area (Å²) in [4.78, 5) is 30.5. The second-order valence-electron chi connectivity index (χ2n) is 12.4. The van der Waals surface area contributed by atoms with Crippen molar-refractivity contribution in [2.45, 2.75) is 83.5 Å². The van der Waals surface area contributed by atoms with Gasteiger partial charge in [-0.3, -0.25) is 9.78 Å². The van der Waals surface area contributed by atoms with Gasteiger partial charge in [0.15, 0.2) is 5.82 Å². The van der Waals surface area contributed by atoms with Crippen LogP contribution in [0.2, 0.25) is 5.02 Å². The zero-order chi connectivity index (χ0) is 32.2. The van der Waals surface area contributed by atoms with Crippen molar-refractivity contribution in [1.82, 2.24) is 4.98 Å². The molecular formula is C33H36ClF3N2O5. The van der Waals surface area contributed by atoms with E-state index in [1.807, 2.05) is 0 Å². The molecule has 0 bridgehead atoms. The van der Waals surface area contributed by atoms with E-state index in [1.165, 1.54) is 12.3 Å². The molecule has 0 aliphatic heterocycles. The van der Waals surface area contributed by atoms with Gasteiger partial charge in [-0.25, -0.2) is 9.18 Å². The van der Waals surface area contributed by atoms with Gasteiger partial charge in [0.25, 0.3) is 0 Å². The van der Waals surface area contributed by atoms with Crippen LogP contribution in [-0.4, -0.2) is 39.8 Å². The van der Waals surface area contributed by atoms with Gasteiger partial charge in [-0.15, -0.1) is 0 Å². The number of esters is 1. The number of benzene rings is 2. The molecule has 1 saturated carbocycles. The molecule has 236 valence electrons. The van der Waals surface area contributed by atoms with Crippen LogP contribution in [0.3, 0.4) is 0 Å². The highest BCUT2D eigenvalue weighted by Gasteiger charge is 2.33. The van der Waals surface area contributed by atoms with E-state index in [0.29, 0.717) is 36.2 Å². The summed E-state index contributed by atoms with van der Waals surface area (Å²) in [7, 11) is 0. The van der Waals surface area contributed by atoms with E-state index in [-0.39, 0.29) is 28.0 Å². The largest absolute Gasteiger partial charge is 0.456 e. The number of amides is 1. The van der Waals surface area contributed by atoms with Gasteiger partial charge in [0, 0.05) is 17.4 Å². The molecule has 0 spiro atoms. The van der Waals surface area contributed by atoms with Crippen LogP contribution in [0.4, 0.5) is 18.9 Å². The number of hydrogen-bond donors (Lipinski definition) is 2. The summed E-state index contributed by atoms with van der Waals surface area (Å²) in [5.74, 6) is -2.73. The number of halogens is 4. The van der Waals surface area contributed by atoms with Crippen LogP contribution in [-0.2, 0) is 9.53 Å². The maximum Gasteiger partial charge on any atom is 0.387 e. The smallest absolute Gasteiger partial charge is 0.387 e. The van der Waals surface area contributed by atoms with E-state index in [1.54, 1.807) is 58.0 Å². The highest BCUT2D eigenvalue weighted by Crippen LogP contribution is 2.39. The lowest BCUT2D eigenvalue weighted by molar-refractivity contribution is -0.118. The van der Waals surface area contributed by atoms with Crippen molar-refractivity contribution >= 4 is 29.2 Å². The second kappa shape index (κ2) is 13.6. The molecule has 1 unspecified atom stereocenters. The third-order valence-corrected chi connectivity index (χ3v) is 7.85. The van der Waals surface area contributed by atoms with Gasteiger partial charge in [-0.1, -0.05) is 17.7 Å². The first-order valence-electron chi connectivity index (χ1n) is 14.4. The monoisotopic (exact) mass is 632 g/mol. The van der Waals surface area contributed by atoms with Crippen molar-refractivity contribution in [1.29, 1.82) is 0 Å². The van der Waals surface area contributed by atoms with Gasteiger partial charge in [0.2, 0.25) is 5.91 Å². The summed E-state index contributed by atoms with van der Waals surface area (Å²) in [6.45, 7) is 3.94. The van der Waals surface area contributed by atoms with Gasteiger partial charge in [0.05, 0.1) is 33.4 Å². The minimum atomic E-state index is -3.18. The number of carbonyl (C=O) groups is 2. The van der Waals surface area contributed by atoms with Crippen LogP contribution in [0.25, 0.3) is 11.1 Å². The van der Waals surface area contributed by atoms with Gasteiger partial charge in [0.1, 0.15) is 11.4 Å². The Balaban J connectivity index is 1.59. The Morgan fingerprint density at radius 3 is 2.32 bits per heavy atom. The van der Waals surface area contributed by atoms with Crippen LogP contribution in [0.1, 0.15) is 81.8 Å². The van der Waals surface area contributed by atoms with Gasteiger partial charge < -0.3 is 19.9 Å². The minimum Gasteiger partial charge on any atom is -0.456 e. The summed E-state index contributed by atoms with van der Waals surface area (Å²) >= 11 is 5.92. The lowest BCUT2D eigenvalue weighted by Gasteiger charge is -2.34. The number of ether oxygens (including phenoxy) is 2. The zero-order valence-electron chi connectivity index (χ0n) is 25.0. The maximum atomic E-state index is 15.0. The second-order valence-corrected chi connectivity index (χ2v) is 12.8. The highest BCUT2D eigenvalue weighted by molar-refractivity contribution is 6.31. The SMILES string of the molecule is CC(C)(C)OC(=O)c1ccc(NC(=O)C(C[C@H]2CC[C@](C)(O)CC2)c2ccc(-c3c(OC(F)F)ccc(Cl)c3F)cn2)cc1. The number of aromatic nitrogens is 1. The first-order chi connectivity index (χ1) is 20.6. The van der Waals surface area contributed by atoms with Crippen molar-refractivity contribution in [2.75, 3.05) is 5.32 Å². The third-order valence-electron chi connectivity index (χ3n) is 7.56. The Labute approximate surface area is 259 Å². The number of alkyl halides is 2. The van der Waals surface area contributed by atoms with Crippen LogP contribution >= 0.6 is 11.6 Å². The average Bonchev–Trinajstić information content (AvgIpc) is 2.94. The Bertz CT molecular complexity index is 1460. The normalized spacial score (nSPS) is 19.4. The number of nitrogens with zero attached hydrogens (tertiary/aromatic N) is 1. The number of aliphatic hydroxyl groups is 1. The van der Waals surface area contributed by atoms with Crippen LogP contribution < -0.4 is 10.1 Å². The average molecular weight is 633 g/mol. The van der Waals surface area contributed by atoms with Gasteiger partial charge in [-0.05, 0) is 108 Å². The minimum absolute atomic E-state index is 0.137. The van der Waals surface area contributed by atoms with E-state index >= 15 is 0 Å². The Morgan fingerprint density at radius 1 is 1.09 bits per heavy atom. The molecule has 44 heavy (non-hydrogen) atoms. The fraction of sp³-hybridized carbons (Fsp3) is 0.424. The Hall–Kier alpha value is -3.63. The molecule has 1 heterocycles. The number of hydrogen-bond acceptors (Lipinski definition) is 6. The summed E-state index contributed by atoms with van der Waals surface area (Å²) in [5, 5.41) is 13.0. The van der Waals surface area contributed by atoms with Crippen LogP contribution in [0.5, 0.6) is 5.75 Å². The summed E-state index contributed by atoms with van der Waals surface area (Å²) in [6.07, 6.45) is 4.39. The molecule has 0 radical (unpaired) electrons. The summed E-state index contributed by atoms with van der Waals surface area (Å²) < 4.78 is 50.9. The molecule has 1 aliphatic rings. The standard InChI is InChI=1S/C33H36ClF3N2O5/c1-32(2,3)44-30(41)20-5-8-22(9-6-20)39-29(40)23(17-19-13-15-33(4,42)16-14-19)25-11-7-21(18-38-25)27-26(43-31(36)37)12-10-24(34)28(27)35/h5-12,18-19,23,31,42H,13-17H2,1-4H3,(H,39,40)/t19-,23?,33-. The van der Waals surface area contributed by atoms with E-state index in [2.05, 4.69) is 15.0 Å². The van der Waals surface area contributed by atoms with E-state index in [4.69, 9.17) is 16.3 Å². The maximum absolute atomic E-state index is 15.0. The molecule has 1 aromatic heterocycles. The first kappa shape index (κ1) is 33.3. The van der Waals surface area contributed by atoms with E-state index < -0.39 is 41.3 Å². The Morgan fingerprint density at radius 2 is 1.75 bits per heavy atom. The third kappa shape index (κ3) is 8.72.